The van der Waals surface area contributed by atoms with Gasteiger partial charge in [-0.05, 0) is 26.7 Å². The molecular formula is C13H21F3N2O2. The van der Waals surface area contributed by atoms with Gasteiger partial charge in [0.15, 0.2) is 0 Å². The number of ether oxygens (including phenoxy) is 1. The standard InChI is InChI=1S/C13H21F3N2O2/c1-8-6-18(7-9(2)20-8)12(19)11-4-3-10(5-17-11)13(14,15)16/h8-11,17H,3-7H2,1-2H3. The van der Waals surface area contributed by atoms with Crippen molar-refractivity contribution in [2.24, 2.45) is 5.92 Å². The molecule has 1 N–H and O–H groups in total. The van der Waals surface area contributed by atoms with Crippen molar-refractivity contribution >= 4 is 5.91 Å². The molecule has 2 aliphatic heterocycles. The second kappa shape index (κ2) is 5.89. The molecule has 2 aliphatic rings. The van der Waals surface area contributed by atoms with E-state index in [-0.39, 0.29) is 37.5 Å². The van der Waals surface area contributed by atoms with Gasteiger partial charge in [-0.1, -0.05) is 0 Å². The number of hydrogen-bond acceptors (Lipinski definition) is 3. The Kier molecular flexibility index (Phi) is 4.59. The molecule has 2 heterocycles. The zero-order valence-corrected chi connectivity index (χ0v) is 11.7. The smallest absolute Gasteiger partial charge is 0.372 e. The van der Waals surface area contributed by atoms with E-state index in [0.717, 1.165) is 0 Å². The zero-order valence-electron chi connectivity index (χ0n) is 11.7. The minimum Gasteiger partial charge on any atom is -0.372 e. The third-order valence-electron chi connectivity index (χ3n) is 3.91. The average Bonchev–Trinajstić information content (AvgIpc) is 2.36. The van der Waals surface area contributed by atoms with Gasteiger partial charge in [-0.2, -0.15) is 13.2 Å². The molecule has 0 spiro atoms. The van der Waals surface area contributed by atoms with Crippen LogP contribution >= 0.6 is 0 Å². The number of nitrogens with zero attached hydrogens (tertiary/aromatic N) is 1. The van der Waals surface area contributed by atoms with Crippen LogP contribution in [0.5, 0.6) is 0 Å². The van der Waals surface area contributed by atoms with Gasteiger partial charge in [0.2, 0.25) is 5.91 Å². The van der Waals surface area contributed by atoms with Crippen molar-refractivity contribution in [3.8, 4) is 0 Å². The first kappa shape index (κ1) is 15.6. The van der Waals surface area contributed by atoms with Crippen molar-refractivity contribution in [1.82, 2.24) is 10.2 Å². The summed E-state index contributed by atoms with van der Waals surface area (Å²) >= 11 is 0. The van der Waals surface area contributed by atoms with Crippen LogP contribution in [0, 0.1) is 5.92 Å². The van der Waals surface area contributed by atoms with E-state index in [4.69, 9.17) is 4.74 Å². The molecular weight excluding hydrogens is 273 g/mol. The highest BCUT2D eigenvalue weighted by Gasteiger charge is 2.43. The van der Waals surface area contributed by atoms with Gasteiger partial charge in [0.05, 0.1) is 24.2 Å². The average molecular weight is 294 g/mol. The summed E-state index contributed by atoms with van der Waals surface area (Å²) < 4.78 is 43.3. The van der Waals surface area contributed by atoms with Gasteiger partial charge in [-0.25, -0.2) is 0 Å². The van der Waals surface area contributed by atoms with Crippen LogP contribution in [0.15, 0.2) is 0 Å². The van der Waals surface area contributed by atoms with E-state index in [1.165, 1.54) is 0 Å². The molecule has 4 atom stereocenters. The molecule has 2 rings (SSSR count). The second-order valence-corrected chi connectivity index (χ2v) is 5.78. The van der Waals surface area contributed by atoms with E-state index in [1.54, 1.807) is 4.90 Å². The van der Waals surface area contributed by atoms with Gasteiger partial charge < -0.3 is 15.0 Å². The van der Waals surface area contributed by atoms with Gasteiger partial charge in [0, 0.05) is 19.6 Å². The lowest BCUT2D eigenvalue weighted by atomic mass is 9.93. The molecule has 0 aromatic heterocycles. The number of carbonyl (C=O) groups is 1. The molecule has 0 bridgehead atoms. The molecule has 4 nitrogen and oxygen atoms in total. The van der Waals surface area contributed by atoms with Crippen LogP contribution in [-0.2, 0) is 9.53 Å². The summed E-state index contributed by atoms with van der Waals surface area (Å²) in [7, 11) is 0. The van der Waals surface area contributed by atoms with Gasteiger partial charge in [-0.3, -0.25) is 4.79 Å². The molecule has 2 saturated heterocycles. The van der Waals surface area contributed by atoms with E-state index in [1.807, 2.05) is 13.8 Å². The number of nitrogens with one attached hydrogen (secondary N) is 1. The Bertz CT molecular complexity index is 344. The fourth-order valence-electron chi connectivity index (χ4n) is 2.92. The largest absolute Gasteiger partial charge is 0.393 e. The number of rotatable bonds is 1. The quantitative estimate of drug-likeness (QED) is 0.798. The highest BCUT2D eigenvalue weighted by atomic mass is 19.4. The third-order valence-corrected chi connectivity index (χ3v) is 3.91. The molecule has 20 heavy (non-hydrogen) atoms. The molecule has 0 radical (unpaired) electrons. The SMILES string of the molecule is CC1CN(C(=O)C2CCC(C(F)(F)F)CN2)CC(C)O1. The second-order valence-electron chi connectivity index (χ2n) is 5.78. The fraction of sp³-hybridized carbons (Fsp3) is 0.923. The van der Waals surface area contributed by atoms with E-state index >= 15 is 0 Å². The normalized spacial score (nSPS) is 36.0. The summed E-state index contributed by atoms with van der Waals surface area (Å²) in [4.78, 5) is 14.0. The van der Waals surface area contributed by atoms with E-state index < -0.39 is 18.1 Å². The summed E-state index contributed by atoms with van der Waals surface area (Å²) in [6, 6.07) is -0.494. The predicted molar refractivity (Wildman–Crippen MR) is 67.2 cm³/mol. The Morgan fingerprint density at radius 3 is 2.25 bits per heavy atom. The molecule has 0 aromatic rings. The number of amides is 1. The Balaban J connectivity index is 1.88. The Morgan fingerprint density at radius 2 is 1.80 bits per heavy atom. The maximum atomic E-state index is 12.6. The molecule has 0 aliphatic carbocycles. The minimum absolute atomic E-state index is 0.0162. The number of alkyl halides is 3. The Hall–Kier alpha value is -0.820. The Labute approximate surface area is 116 Å². The molecule has 0 saturated carbocycles. The summed E-state index contributed by atoms with van der Waals surface area (Å²) in [5.74, 6) is -1.44. The molecule has 116 valence electrons. The van der Waals surface area contributed by atoms with Crippen molar-refractivity contribution in [2.75, 3.05) is 19.6 Å². The molecule has 2 fully saturated rings. The van der Waals surface area contributed by atoms with Crippen LogP contribution < -0.4 is 5.32 Å². The lowest BCUT2D eigenvalue weighted by Crippen LogP contribution is -2.56. The van der Waals surface area contributed by atoms with Crippen LogP contribution in [0.25, 0.3) is 0 Å². The molecule has 4 unspecified atom stereocenters. The molecule has 1 amide bonds. The van der Waals surface area contributed by atoms with Crippen LogP contribution in [0.4, 0.5) is 13.2 Å². The summed E-state index contributed by atoms with van der Waals surface area (Å²) in [5.41, 5.74) is 0. The van der Waals surface area contributed by atoms with Gasteiger partial charge in [0.1, 0.15) is 0 Å². The van der Waals surface area contributed by atoms with Crippen molar-refractivity contribution in [2.45, 2.75) is 51.1 Å². The summed E-state index contributed by atoms with van der Waals surface area (Å²) in [5, 5.41) is 2.75. The first-order chi connectivity index (χ1) is 9.27. The van der Waals surface area contributed by atoms with E-state index in [9.17, 15) is 18.0 Å². The van der Waals surface area contributed by atoms with Crippen molar-refractivity contribution < 1.29 is 22.7 Å². The highest BCUT2D eigenvalue weighted by molar-refractivity contribution is 5.82. The van der Waals surface area contributed by atoms with Crippen LogP contribution in [-0.4, -0.2) is 54.9 Å². The highest BCUT2D eigenvalue weighted by Crippen LogP contribution is 2.32. The van der Waals surface area contributed by atoms with Gasteiger partial charge in [-0.15, -0.1) is 0 Å². The molecule has 0 aromatic carbocycles. The lowest BCUT2D eigenvalue weighted by Gasteiger charge is -2.39. The summed E-state index contributed by atoms with van der Waals surface area (Å²) in [6.45, 7) is 4.62. The third kappa shape index (κ3) is 3.63. The summed E-state index contributed by atoms with van der Waals surface area (Å²) in [6.07, 6.45) is -3.99. The molecule has 7 heteroatoms. The number of piperidine rings is 1. The number of halogens is 3. The van der Waals surface area contributed by atoms with Crippen LogP contribution in [0.2, 0.25) is 0 Å². The maximum absolute atomic E-state index is 12.6. The zero-order chi connectivity index (χ0) is 14.9. The van der Waals surface area contributed by atoms with Crippen LogP contribution in [0.1, 0.15) is 26.7 Å². The first-order valence-corrected chi connectivity index (χ1v) is 7.01. The van der Waals surface area contributed by atoms with E-state index in [0.29, 0.717) is 13.1 Å². The van der Waals surface area contributed by atoms with Crippen LogP contribution in [0.3, 0.4) is 0 Å². The minimum atomic E-state index is -4.18. The topological polar surface area (TPSA) is 41.6 Å². The number of carbonyl (C=O) groups excluding carboxylic acids is 1. The lowest BCUT2D eigenvalue weighted by molar-refractivity contribution is -0.181. The van der Waals surface area contributed by atoms with E-state index in [2.05, 4.69) is 5.32 Å². The monoisotopic (exact) mass is 294 g/mol. The predicted octanol–water partition coefficient (Wildman–Crippen LogP) is 1.55. The van der Waals surface area contributed by atoms with Crippen molar-refractivity contribution in [1.29, 1.82) is 0 Å². The van der Waals surface area contributed by atoms with Crippen molar-refractivity contribution in [3.05, 3.63) is 0 Å². The van der Waals surface area contributed by atoms with Gasteiger partial charge >= 0.3 is 6.18 Å². The van der Waals surface area contributed by atoms with Gasteiger partial charge in [0.25, 0.3) is 0 Å². The number of morpholine rings is 1. The maximum Gasteiger partial charge on any atom is 0.393 e. The van der Waals surface area contributed by atoms with Crippen molar-refractivity contribution in [3.63, 3.8) is 0 Å². The Morgan fingerprint density at radius 1 is 1.20 bits per heavy atom. The first-order valence-electron chi connectivity index (χ1n) is 7.01. The fourth-order valence-corrected chi connectivity index (χ4v) is 2.92. The number of hydrogen-bond donors (Lipinski definition) is 1.